The number of carbonyl (C=O) groups excluding carboxylic acids is 3. The molecule has 2 aliphatic heterocycles. The smallest absolute Gasteiger partial charge is 0.246 e. The molecule has 0 saturated carbocycles. The van der Waals surface area contributed by atoms with Crippen molar-refractivity contribution in [2.75, 3.05) is 26.2 Å². The third-order valence-electron chi connectivity index (χ3n) is 3.93. The summed E-state index contributed by atoms with van der Waals surface area (Å²) >= 11 is 0. The monoisotopic (exact) mass is 253 g/mol. The van der Waals surface area contributed by atoms with Crippen molar-refractivity contribution in [2.45, 2.75) is 26.2 Å². The van der Waals surface area contributed by atoms with E-state index in [0.29, 0.717) is 0 Å². The van der Waals surface area contributed by atoms with Gasteiger partial charge in [-0.05, 0) is 32.4 Å². The van der Waals surface area contributed by atoms with Gasteiger partial charge in [0.15, 0.2) is 0 Å². The van der Waals surface area contributed by atoms with Crippen molar-refractivity contribution in [3.8, 4) is 0 Å². The van der Waals surface area contributed by atoms with Gasteiger partial charge in [0, 0.05) is 0 Å². The molecular weight excluding hydrogens is 234 g/mol. The summed E-state index contributed by atoms with van der Waals surface area (Å²) in [7, 11) is 0. The first-order chi connectivity index (χ1) is 8.57. The van der Waals surface area contributed by atoms with E-state index in [2.05, 4.69) is 10.6 Å². The molecule has 100 valence electrons. The number of rotatable bonds is 2. The molecule has 6 nitrogen and oxygen atoms in total. The van der Waals surface area contributed by atoms with Crippen LogP contribution in [0.1, 0.15) is 26.2 Å². The van der Waals surface area contributed by atoms with Crippen LogP contribution in [0, 0.1) is 5.41 Å². The summed E-state index contributed by atoms with van der Waals surface area (Å²) in [6.45, 7) is 3.62. The van der Waals surface area contributed by atoms with Gasteiger partial charge < -0.3 is 10.2 Å². The summed E-state index contributed by atoms with van der Waals surface area (Å²) in [5.41, 5.74) is -0.400. The minimum absolute atomic E-state index is 0.000246. The lowest BCUT2D eigenvalue weighted by Crippen LogP contribution is -2.58. The second-order valence-corrected chi connectivity index (χ2v) is 5.02. The van der Waals surface area contributed by atoms with E-state index in [0.717, 1.165) is 32.4 Å². The Bertz CT molecular complexity index is 359. The number of piperidine rings is 1. The molecule has 0 aromatic carbocycles. The van der Waals surface area contributed by atoms with Gasteiger partial charge in [0.25, 0.3) is 0 Å². The van der Waals surface area contributed by atoms with Crippen LogP contribution in [0.3, 0.4) is 0 Å². The van der Waals surface area contributed by atoms with Gasteiger partial charge >= 0.3 is 0 Å². The average molecular weight is 253 g/mol. The number of carbonyl (C=O) groups is 3. The number of hydrogen-bond donors (Lipinski definition) is 2. The molecule has 2 heterocycles. The van der Waals surface area contributed by atoms with Gasteiger partial charge in [-0.2, -0.15) is 0 Å². The topological polar surface area (TPSA) is 78.5 Å². The largest absolute Gasteiger partial charge is 0.324 e. The van der Waals surface area contributed by atoms with E-state index in [1.807, 2.05) is 6.92 Å². The van der Waals surface area contributed by atoms with Crippen molar-refractivity contribution in [3.63, 3.8) is 0 Å². The zero-order valence-electron chi connectivity index (χ0n) is 10.6. The summed E-state index contributed by atoms with van der Waals surface area (Å²) in [6, 6.07) is 0. The standard InChI is InChI=1S/C12H19N3O3/c1-2-12(3-5-13-6-4-12)11(18)15-7-9(16)14-10(17)8-15/h13H,2-8H2,1H3,(H,14,16,17). The Hall–Kier alpha value is -1.43. The number of nitrogens with one attached hydrogen (secondary N) is 2. The van der Waals surface area contributed by atoms with Crippen LogP contribution in [0.4, 0.5) is 0 Å². The highest BCUT2D eigenvalue weighted by atomic mass is 16.2. The Morgan fingerprint density at radius 3 is 2.28 bits per heavy atom. The van der Waals surface area contributed by atoms with Gasteiger partial charge in [-0.15, -0.1) is 0 Å². The Morgan fingerprint density at radius 2 is 1.78 bits per heavy atom. The van der Waals surface area contributed by atoms with Gasteiger partial charge in [0.2, 0.25) is 17.7 Å². The van der Waals surface area contributed by atoms with Crippen molar-refractivity contribution >= 4 is 17.7 Å². The van der Waals surface area contributed by atoms with Crippen molar-refractivity contribution in [1.29, 1.82) is 0 Å². The van der Waals surface area contributed by atoms with Crippen LogP contribution >= 0.6 is 0 Å². The minimum Gasteiger partial charge on any atom is -0.324 e. The van der Waals surface area contributed by atoms with Gasteiger partial charge in [0.05, 0.1) is 5.41 Å². The lowest BCUT2D eigenvalue weighted by Gasteiger charge is -2.40. The molecule has 2 rings (SSSR count). The van der Waals surface area contributed by atoms with Crippen molar-refractivity contribution in [3.05, 3.63) is 0 Å². The molecule has 3 amide bonds. The normalized spacial score (nSPS) is 23.7. The predicted molar refractivity (Wildman–Crippen MR) is 64.6 cm³/mol. The molecule has 0 bridgehead atoms. The van der Waals surface area contributed by atoms with Gasteiger partial charge in [-0.3, -0.25) is 19.7 Å². The van der Waals surface area contributed by atoms with Crippen LogP contribution in [-0.2, 0) is 14.4 Å². The Kier molecular flexibility index (Phi) is 3.65. The SMILES string of the molecule is CCC1(C(=O)N2CC(=O)NC(=O)C2)CCNCC1. The molecule has 0 spiro atoms. The maximum atomic E-state index is 12.6. The maximum Gasteiger partial charge on any atom is 0.246 e. The second kappa shape index (κ2) is 5.06. The lowest BCUT2D eigenvalue weighted by atomic mass is 9.75. The van der Waals surface area contributed by atoms with Gasteiger partial charge in [-0.25, -0.2) is 0 Å². The molecule has 0 aliphatic carbocycles. The van der Waals surface area contributed by atoms with Crippen LogP contribution in [0.15, 0.2) is 0 Å². The summed E-state index contributed by atoms with van der Waals surface area (Å²) in [4.78, 5) is 36.6. The summed E-state index contributed by atoms with van der Waals surface area (Å²) < 4.78 is 0. The highest BCUT2D eigenvalue weighted by Crippen LogP contribution is 2.34. The number of hydrogen-bond acceptors (Lipinski definition) is 4. The molecule has 2 saturated heterocycles. The molecule has 0 aromatic rings. The van der Waals surface area contributed by atoms with E-state index < -0.39 is 5.41 Å². The first-order valence-electron chi connectivity index (χ1n) is 6.40. The molecule has 0 unspecified atom stereocenters. The molecule has 6 heteroatoms. The zero-order valence-corrected chi connectivity index (χ0v) is 10.6. The van der Waals surface area contributed by atoms with Gasteiger partial charge in [-0.1, -0.05) is 6.92 Å². The van der Waals surface area contributed by atoms with Crippen LogP contribution in [0.5, 0.6) is 0 Å². The number of piperazine rings is 1. The third-order valence-corrected chi connectivity index (χ3v) is 3.93. The van der Waals surface area contributed by atoms with Crippen molar-refractivity contribution in [2.24, 2.45) is 5.41 Å². The first-order valence-corrected chi connectivity index (χ1v) is 6.40. The van der Waals surface area contributed by atoms with Crippen molar-refractivity contribution in [1.82, 2.24) is 15.5 Å². The van der Waals surface area contributed by atoms with Crippen LogP contribution in [-0.4, -0.2) is 48.8 Å². The maximum absolute atomic E-state index is 12.6. The minimum atomic E-state index is -0.400. The summed E-state index contributed by atoms with van der Waals surface area (Å²) in [5.74, 6) is -0.825. The summed E-state index contributed by atoms with van der Waals surface area (Å²) in [6.07, 6.45) is 2.29. The Labute approximate surface area is 106 Å². The van der Waals surface area contributed by atoms with E-state index in [4.69, 9.17) is 0 Å². The van der Waals surface area contributed by atoms with Crippen LogP contribution in [0.25, 0.3) is 0 Å². The Balaban J connectivity index is 2.13. The van der Waals surface area contributed by atoms with E-state index in [1.165, 1.54) is 4.90 Å². The summed E-state index contributed by atoms with van der Waals surface area (Å²) in [5, 5.41) is 5.45. The molecule has 0 radical (unpaired) electrons. The highest BCUT2D eigenvalue weighted by molar-refractivity contribution is 6.03. The molecule has 0 atom stereocenters. The molecule has 2 fully saturated rings. The molecule has 18 heavy (non-hydrogen) atoms. The van der Waals surface area contributed by atoms with E-state index in [-0.39, 0.29) is 30.8 Å². The van der Waals surface area contributed by atoms with Crippen molar-refractivity contribution < 1.29 is 14.4 Å². The quantitative estimate of drug-likeness (QED) is 0.635. The third kappa shape index (κ3) is 2.38. The van der Waals surface area contributed by atoms with Gasteiger partial charge in [0.1, 0.15) is 13.1 Å². The molecule has 2 aliphatic rings. The number of nitrogens with zero attached hydrogens (tertiary/aromatic N) is 1. The average Bonchev–Trinajstić information content (AvgIpc) is 2.37. The zero-order chi connectivity index (χ0) is 13.2. The van der Waals surface area contributed by atoms with Crippen LogP contribution < -0.4 is 10.6 Å². The van der Waals surface area contributed by atoms with E-state index in [1.54, 1.807) is 0 Å². The van der Waals surface area contributed by atoms with E-state index in [9.17, 15) is 14.4 Å². The Morgan fingerprint density at radius 1 is 1.22 bits per heavy atom. The number of amides is 3. The predicted octanol–water partition coefficient (Wildman–Crippen LogP) is -0.749. The second-order valence-electron chi connectivity index (χ2n) is 5.02. The fraction of sp³-hybridized carbons (Fsp3) is 0.750. The first kappa shape index (κ1) is 13.0. The highest BCUT2D eigenvalue weighted by Gasteiger charge is 2.42. The van der Waals surface area contributed by atoms with Crippen LogP contribution in [0.2, 0.25) is 0 Å². The fourth-order valence-electron chi connectivity index (χ4n) is 2.74. The number of imide groups is 1. The van der Waals surface area contributed by atoms with E-state index >= 15 is 0 Å². The molecular formula is C12H19N3O3. The molecule has 0 aromatic heterocycles. The lowest BCUT2D eigenvalue weighted by molar-refractivity contribution is -0.152. The fourth-order valence-corrected chi connectivity index (χ4v) is 2.74. The molecule has 2 N–H and O–H groups in total.